The topological polar surface area (TPSA) is 76.1 Å². The summed E-state index contributed by atoms with van der Waals surface area (Å²) in [5.41, 5.74) is 0. The Kier molecular flexibility index (Phi) is 3.49. The van der Waals surface area contributed by atoms with Gasteiger partial charge in [0.15, 0.2) is 5.82 Å². The van der Waals surface area contributed by atoms with E-state index in [1.165, 1.54) is 0 Å². The van der Waals surface area contributed by atoms with Crippen molar-refractivity contribution in [3.8, 4) is 0 Å². The van der Waals surface area contributed by atoms with Gasteiger partial charge in [0.1, 0.15) is 0 Å². The predicted molar refractivity (Wildman–Crippen MR) is 70.8 cm³/mol. The van der Waals surface area contributed by atoms with Gasteiger partial charge in [0.25, 0.3) is 0 Å². The van der Waals surface area contributed by atoms with Crippen LogP contribution in [0.15, 0.2) is 16.9 Å². The third-order valence-corrected chi connectivity index (χ3v) is 3.71. The van der Waals surface area contributed by atoms with Crippen molar-refractivity contribution in [2.24, 2.45) is 0 Å². The van der Waals surface area contributed by atoms with E-state index in [1.54, 1.807) is 6.20 Å². The molecule has 1 aliphatic rings. The maximum atomic E-state index is 5.20. The Morgan fingerprint density at radius 2 is 2.25 bits per heavy atom. The fourth-order valence-electron chi connectivity index (χ4n) is 2.73. The Hall–Kier alpha value is -1.80. The summed E-state index contributed by atoms with van der Waals surface area (Å²) in [6.45, 7) is 4.35. The van der Waals surface area contributed by atoms with Crippen molar-refractivity contribution in [2.75, 3.05) is 27.2 Å². The molecule has 0 aromatic carbocycles. The van der Waals surface area contributed by atoms with Gasteiger partial charge in [-0.1, -0.05) is 10.4 Å². The summed E-state index contributed by atoms with van der Waals surface area (Å²) in [4.78, 5) is 8.80. The molecule has 2 atom stereocenters. The highest BCUT2D eigenvalue weighted by Gasteiger charge is 2.36. The summed E-state index contributed by atoms with van der Waals surface area (Å²) in [7, 11) is 4.18. The van der Waals surface area contributed by atoms with Crippen LogP contribution in [0.4, 0.5) is 0 Å². The lowest BCUT2D eigenvalue weighted by Crippen LogP contribution is -2.36. The minimum atomic E-state index is 0.288. The lowest BCUT2D eigenvalue weighted by Gasteiger charge is -2.24. The monoisotopic (exact) mass is 277 g/mol. The van der Waals surface area contributed by atoms with E-state index in [4.69, 9.17) is 4.52 Å². The standard InChI is InChI=1S/C12H19N7O/c1-9-14-12(20-15-9)8-18-6-10(17(2)3)11(7-18)19-5-4-13-16-19/h4-5,10-11H,6-8H2,1-3H3/t10-,11+/m1/s1. The molecule has 0 amide bonds. The van der Waals surface area contributed by atoms with Gasteiger partial charge in [0, 0.05) is 25.3 Å². The lowest BCUT2D eigenvalue weighted by molar-refractivity contribution is 0.230. The average Bonchev–Trinajstić information content (AvgIpc) is 3.09. The first-order chi connectivity index (χ1) is 9.63. The van der Waals surface area contributed by atoms with Crippen LogP contribution in [0, 0.1) is 6.92 Å². The van der Waals surface area contributed by atoms with Crippen LogP contribution >= 0.6 is 0 Å². The van der Waals surface area contributed by atoms with Crippen molar-refractivity contribution < 1.29 is 4.52 Å². The van der Waals surface area contributed by atoms with E-state index < -0.39 is 0 Å². The van der Waals surface area contributed by atoms with Crippen molar-refractivity contribution >= 4 is 0 Å². The van der Waals surface area contributed by atoms with Crippen molar-refractivity contribution in [3.05, 3.63) is 24.1 Å². The van der Waals surface area contributed by atoms with Crippen LogP contribution < -0.4 is 0 Å². The van der Waals surface area contributed by atoms with Gasteiger partial charge in [0.2, 0.25) is 5.89 Å². The molecule has 0 radical (unpaired) electrons. The van der Waals surface area contributed by atoms with Crippen LogP contribution in [0.3, 0.4) is 0 Å². The Labute approximate surface area is 117 Å². The molecule has 1 fully saturated rings. The van der Waals surface area contributed by atoms with Crippen molar-refractivity contribution in [2.45, 2.75) is 25.6 Å². The maximum absolute atomic E-state index is 5.20. The van der Waals surface area contributed by atoms with Gasteiger partial charge in [-0.15, -0.1) is 5.10 Å². The largest absolute Gasteiger partial charge is 0.338 e. The molecule has 8 heteroatoms. The number of likely N-dealkylation sites (N-methyl/N-ethyl adjacent to an activating group) is 1. The summed E-state index contributed by atoms with van der Waals surface area (Å²) in [5.74, 6) is 1.34. The number of hydrogen-bond acceptors (Lipinski definition) is 7. The highest BCUT2D eigenvalue weighted by molar-refractivity contribution is 4.95. The molecule has 3 heterocycles. The zero-order valence-electron chi connectivity index (χ0n) is 12.0. The molecule has 2 aromatic heterocycles. The number of aryl methyl sites for hydroxylation is 1. The minimum absolute atomic E-state index is 0.288. The molecule has 108 valence electrons. The number of hydrogen-bond donors (Lipinski definition) is 0. The quantitative estimate of drug-likeness (QED) is 0.776. The predicted octanol–water partition coefficient (Wildman–Crippen LogP) is -0.0434. The van der Waals surface area contributed by atoms with Crippen LogP contribution in [0.2, 0.25) is 0 Å². The average molecular weight is 277 g/mol. The highest BCUT2D eigenvalue weighted by Crippen LogP contribution is 2.25. The van der Waals surface area contributed by atoms with Gasteiger partial charge >= 0.3 is 0 Å². The Bertz CT molecular complexity index is 550. The van der Waals surface area contributed by atoms with E-state index in [-0.39, 0.29) is 6.04 Å². The van der Waals surface area contributed by atoms with Crippen LogP contribution in [0.5, 0.6) is 0 Å². The number of likely N-dealkylation sites (tertiary alicyclic amines) is 1. The Morgan fingerprint density at radius 3 is 2.85 bits per heavy atom. The van der Waals surface area contributed by atoms with Gasteiger partial charge in [-0.05, 0) is 21.0 Å². The second-order valence-electron chi connectivity index (χ2n) is 5.41. The maximum Gasteiger partial charge on any atom is 0.240 e. The van der Waals surface area contributed by atoms with E-state index in [1.807, 2.05) is 17.8 Å². The second-order valence-corrected chi connectivity index (χ2v) is 5.41. The molecule has 3 rings (SSSR count). The van der Waals surface area contributed by atoms with Crippen LogP contribution in [-0.2, 0) is 6.54 Å². The molecular formula is C12H19N7O. The normalized spacial score (nSPS) is 23.8. The van der Waals surface area contributed by atoms with Crippen molar-refractivity contribution in [3.63, 3.8) is 0 Å². The molecule has 1 aliphatic heterocycles. The van der Waals surface area contributed by atoms with Crippen LogP contribution in [0.1, 0.15) is 17.8 Å². The fourth-order valence-corrected chi connectivity index (χ4v) is 2.73. The highest BCUT2D eigenvalue weighted by atomic mass is 16.5. The second kappa shape index (κ2) is 5.29. The van der Waals surface area contributed by atoms with Gasteiger partial charge in [-0.2, -0.15) is 4.98 Å². The van der Waals surface area contributed by atoms with Crippen molar-refractivity contribution in [1.29, 1.82) is 0 Å². The molecular weight excluding hydrogens is 258 g/mol. The van der Waals surface area contributed by atoms with Gasteiger partial charge in [0.05, 0.1) is 18.8 Å². The summed E-state index contributed by atoms with van der Waals surface area (Å²) < 4.78 is 7.13. The lowest BCUT2D eigenvalue weighted by atomic mass is 10.1. The van der Waals surface area contributed by atoms with E-state index >= 15 is 0 Å². The fraction of sp³-hybridized carbons (Fsp3) is 0.667. The zero-order valence-corrected chi connectivity index (χ0v) is 12.0. The molecule has 0 aliphatic carbocycles. The van der Waals surface area contributed by atoms with Crippen molar-refractivity contribution in [1.82, 2.24) is 34.9 Å². The third-order valence-electron chi connectivity index (χ3n) is 3.71. The summed E-state index contributed by atoms with van der Waals surface area (Å²) >= 11 is 0. The number of aromatic nitrogens is 5. The summed E-state index contributed by atoms with van der Waals surface area (Å²) in [5, 5.41) is 11.9. The molecule has 0 N–H and O–H groups in total. The Morgan fingerprint density at radius 1 is 1.40 bits per heavy atom. The zero-order chi connectivity index (χ0) is 14.1. The first-order valence-electron chi connectivity index (χ1n) is 6.67. The first kappa shape index (κ1) is 13.2. The molecule has 0 saturated carbocycles. The van der Waals surface area contributed by atoms with Gasteiger partial charge < -0.3 is 9.42 Å². The molecule has 20 heavy (non-hydrogen) atoms. The Balaban J connectivity index is 1.73. The number of nitrogens with zero attached hydrogens (tertiary/aromatic N) is 7. The molecule has 0 spiro atoms. The van der Waals surface area contributed by atoms with E-state index in [9.17, 15) is 0 Å². The molecule has 8 nitrogen and oxygen atoms in total. The molecule has 0 unspecified atom stereocenters. The van der Waals surface area contributed by atoms with E-state index in [0.717, 1.165) is 13.1 Å². The van der Waals surface area contributed by atoms with E-state index in [0.29, 0.717) is 24.3 Å². The summed E-state index contributed by atoms with van der Waals surface area (Å²) in [6.07, 6.45) is 3.64. The molecule has 2 aromatic rings. The third kappa shape index (κ3) is 2.56. The molecule has 0 bridgehead atoms. The van der Waals surface area contributed by atoms with E-state index in [2.05, 4.69) is 44.3 Å². The SMILES string of the molecule is Cc1noc(CN2C[C@@H](N(C)C)[C@@H](n3ccnn3)C2)n1. The van der Waals surface area contributed by atoms with Gasteiger partial charge in [-0.3, -0.25) is 4.90 Å². The van der Waals surface area contributed by atoms with Gasteiger partial charge in [-0.25, -0.2) is 4.68 Å². The van der Waals surface area contributed by atoms with Crippen LogP contribution in [-0.4, -0.2) is 68.2 Å². The number of rotatable bonds is 4. The smallest absolute Gasteiger partial charge is 0.240 e. The first-order valence-corrected chi connectivity index (χ1v) is 6.67. The minimum Gasteiger partial charge on any atom is -0.338 e. The van der Waals surface area contributed by atoms with Crippen LogP contribution in [0.25, 0.3) is 0 Å². The summed E-state index contributed by atoms with van der Waals surface area (Å²) in [6, 6.07) is 0.678. The molecule has 1 saturated heterocycles.